The van der Waals surface area contributed by atoms with E-state index in [0.29, 0.717) is 17.5 Å². The van der Waals surface area contributed by atoms with E-state index in [9.17, 15) is 4.79 Å². The van der Waals surface area contributed by atoms with Crippen molar-refractivity contribution in [2.45, 2.75) is 46.1 Å². The second kappa shape index (κ2) is 5.43. The smallest absolute Gasteiger partial charge is 0.251 e. The van der Waals surface area contributed by atoms with E-state index in [1.165, 1.54) is 12.8 Å². The molecule has 1 fully saturated rings. The molecule has 1 aromatic carbocycles. The number of amides is 1. The van der Waals surface area contributed by atoms with E-state index < -0.39 is 0 Å². The highest BCUT2D eigenvalue weighted by molar-refractivity contribution is 5.97. The van der Waals surface area contributed by atoms with Gasteiger partial charge in [-0.1, -0.05) is 13.3 Å². The summed E-state index contributed by atoms with van der Waals surface area (Å²) in [6.07, 6.45) is 3.49. The molecule has 2 atom stereocenters. The van der Waals surface area contributed by atoms with Crippen molar-refractivity contribution >= 4 is 16.9 Å². The summed E-state index contributed by atoms with van der Waals surface area (Å²) < 4.78 is 0. The van der Waals surface area contributed by atoms with Crippen LogP contribution in [-0.2, 0) is 0 Å². The van der Waals surface area contributed by atoms with E-state index in [2.05, 4.69) is 22.2 Å². The van der Waals surface area contributed by atoms with Crippen LogP contribution in [0.15, 0.2) is 18.2 Å². The Kier molecular flexibility index (Phi) is 3.62. The summed E-state index contributed by atoms with van der Waals surface area (Å²) in [4.78, 5) is 21.4. The maximum atomic E-state index is 12.4. The van der Waals surface area contributed by atoms with Crippen molar-refractivity contribution in [3.05, 3.63) is 35.2 Å². The molecular formula is C17H21N3O. The molecule has 3 rings (SSSR count). The van der Waals surface area contributed by atoms with Crippen LogP contribution in [0.2, 0.25) is 0 Å². The molecule has 1 amide bonds. The number of hydrogen-bond acceptors (Lipinski definition) is 3. The molecule has 0 aliphatic heterocycles. The lowest BCUT2D eigenvalue weighted by Crippen LogP contribution is -2.36. The van der Waals surface area contributed by atoms with Crippen molar-refractivity contribution in [3.8, 4) is 0 Å². The molecule has 0 unspecified atom stereocenters. The second-order valence-corrected chi connectivity index (χ2v) is 6.09. The number of hydrogen-bond donors (Lipinski definition) is 1. The van der Waals surface area contributed by atoms with Gasteiger partial charge in [-0.05, 0) is 50.8 Å². The average Bonchev–Trinajstić information content (AvgIpc) is 2.85. The lowest BCUT2D eigenvalue weighted by atomic mass is 10.1. The van der Waals surface area contributed by atoms with Gasteiger partial charge in [-0.2, -0.15) is 0 Å². The summed E-state index contributed by atoms with van der Waals surface area (Å²) >= 11 is 0. The first-order chi connectivity index (χ1) is 10.0. The number of nitrogens with one attached hydrogen (secondary N) is 1. The number of carbonyl (C=O) groups excluding carboxylic acids is 1. The van der Waals surface area contributed by atoms with Crippen LogP contribution in [-0.4, -0.2) is 21.9 Å². The average molecular weight is 283 g/mol. The molecule has 1 heterocycles. The molecule has 1 aliphatic rings. The first-order valence-electron chi connectivity index (χ1n) is 7.60. The normalized spacial score (nSPS) is 21.7. The van der Waals surface area contributed by atoms with Gasteiger partial charge in [0.05, 0.1) is 22.4 Å². The van der Waals surface area contributed by atoms with Crippen LogP contribution in [0.1, 0.15) is 47.9 Å². The van der Waals surface area contributed by atoms with Gasteiger partial charge in [-0.3, -0.25) is 4.79 Å². The molecular weight excluding hydrogens is 262 g/mol. The summed E-state index contributed by atoms with van der Waals surface area (Å²) in [6, 6.07) is 5.85. The van der Waals surface area contributed by atoms with Gasteiger partial charge >= 0.3 is 0 Å². The van der Waals surface area contributed by atoms with E-state index >= 15 is 0 Å². The number of aromatic nitrogens is 2. The Labute approximate surface area is 125 Å². The summed E-state index contributed by atoms with van der Waals surface area (Å²) in [5, 5.41) is 3.15. The summed E-state index contributed by atoms with van der Waals surface area (Å²) in [6.45, 7) is 6.09. The van der Waals surface area contributed by atoms with Gasteiger partial charge in [0.1, 0.15) is 0 Å². The first kappa shape index (κ1) is 14.0. The Hall–Kier alpha value is -1.97. The molecule has 21 heavy (non-hydrogen) atoms. The zero-order chi connectivity index (χ0) is 15.0. The lowest BCUT2D eigenvalue weighted by molar-refractivity contribution is 0.0930. The van der Waals surface area contributed by atoms with Crippen LogP contribution in [0.3, 0.4) is 0 Å². The predicted octanol–water partition coefficient (Wildman–Crippen LogP) is 3.17. The molecule has 0 saturated heterocycles. The van der Waals surface area contributed by atoms with Crippen molar-refractivity contribution in [2.24, 2.45) is 5.92 Å². The van der Waals surface area contributed by atoms with Gasteiger partial charge in [-0.25, -0.2) is 9.97 Å². The molecule has 1 N–H and O–H groups in total. The fourth-order valence-corrected chi connectivity index (χ4v) is 2.98. The van der Waals surface area contributed by atoms with Gasteiger partial charge in [0.2, 0.25) is 0 Å². The monoisotopic (exact) mass is 283 g/mol. The molecule has 1 aromatic heterocycles. The maximum Gasteiger partial charge on any atom is 0.251 e. The highest BCUT2D eigenvalue weighted by Crippen LogP contribution is 2.25. The van der Waals surface area contributed by atoms with E-state index in [1.807, 2.05) is 32.0 Å². The fourth-order valence-electron chi connectivity index (χ4n) is 2.98. The Morgan fingerprint density at radius 2 is 1.86 bits per heavy atom. The number of carbonyl (C=O) groups is 1. The highest BCUT2D eigenvalue weighted by Gasteiger charge is 2.25. The van der Waals surface area contributed by atoms with Gasteiger partial charge in [0.15, 0.2) is 0 Å². The SMILES string of the molecule is Cc1nc2ccc(C(=O)N[C@H]3CCC[C@H]3C)cc2nc1C. The van der Waals surface area contributed by atoms with Crippen molar-refractivity contribution in [1.29, 1.82) is 0 Å². The Morgan fingerprint density at radius 1 is 1.14 bits per heavy atom. The molecule has 0 spiro atoms. The molecule has 2 aromatic rings. The molecule has 1 aliphatic carbocycles. The molecule has 0 radical (unpaired) electrons. The Bertz CT molecular complexity index is 696. The van der Waals surface area contributed by atoms with E-state index in [1.54, 1.807) is 0 Å². The predicted molar refractivity (Wildman–Crippen MR) is 83.3 cm³/mol. The largest absolute Gasteiger partial charge is 0.349 e. The quantitative estimate of drug-likeness (QED) is 0.921. The van der Waals surface area contributed by atoms with Crippen LogP contribution < -0.4 is 5.32 Å². The number of fused-ring (bicyclic) bond motifs is 1. The molecule has 0 bridgehead atoms. The number of rotatable bonds is 2. The van der Waals surface area contributed by atoms with Crippen LogP contribution in [0.25, 0.3) is 11.0 Å². The van der Waals surface area contributed by atoms with Gasteiger partial charge in [0.25, 0.3) is 5.91 Å². The van der Waals surface area contributed by atoms with Crippen molar-refractivity contribution in [1.82, 2.24) is 15.3 Å². The topological polar surface area (TPSA) is 54.9 Å². The summed E-state index contributed by atoms with van der Waals surface area (Å²) in [5.74, 6) is 0.565. The molecule has 4 nitrogen and oxygen atoms in total. The number of benzene rings is 1. The van der Waals surface area contributed by atoms with Crippen molar-refractivity contribution in [3.63, 3.8) is 0 Å². The lowest BCUT2D eigenvalue weighted by Gasteiger charge is -2.17. The van der Waals surface area contributed by atoms with E-state index in [0.717, 1.165) is 28.8 Å². The first-order valence-corrected chi connectivity index (χ1v) is 7.60. The third-order valence-electron chi connectivity index (χ3n) is 4.52. The van der Waals surface area contributed by atoms with E-state index in [4.69, 9.17) is 0 Å². The van der Waals surface area contributed by atoms with Crippen LogP contribution in [0.5, 0.6) is 0 Å². The fraction of sp³-hybridized carbons (Fsp3) is 0.471. The summed E-state index contributed by atoms with van der Waals surface area (Å²) in [5.41, 5.74) is 4.12. The molecule has 110 valence electrons. The Morgan fingerprint density at radius 3 is 2.52 bits per heavy atom. The summed E-state index contributed by atoms with van der Waals surface area (Å²) in [7, 11) is 0. The standard InChI is InChI=1S/C17H21N3O/c1-10-5-4-6-14(10)20-17(21)13-7-8-15-16(9-13)19-12(3)11(2)18-15/h7-10,14H,4-6H2,1-3H3,(H,20,21)/t10-,14+/m1/s1. The number of aryl methyl sites for hydroxylation is 2. The minimum atomic E-state index is -0.00400. The van der Waals surface area contributed by atoms with Gasteiger partial charge in [-0.15, -0.1) is 0 Å². The third-order valence-corrected chi connectivity index (χ3v) is 4.52. The highest BCUT2D eigenvalue weighted by atomic mass is 16.1. The Balaban J connectivity index is 1.86. The van der Waals surface area contributed by atoms with Crippen LogP contribution in [0.4, 0.5) is 0 Å². The number of nitrogens with zero attached hydrogens (tertiary/aromatic N) is 2. The minimum Gasteiger partial charge on any atom is -0.349 e. The van der Waals surface area contributed by atoms with Crippen LogP contribution in [0, 0.1) is 19.8 Å². The minimum absolute atomic E-state index is 0.00400. The van der Waals surface area contributed by atoms with E-state index in [-0.39, 0.29) is 5.91 Å². The zero-order valence-electron chi connectivity index (χ0n) is 12.8. The van der Waals surface area contributed by atoms with Crippen molar-refractivity contribution in [2.75, 3.05) is 0 Å². The van der Waals surface area contributed by atoms with Gasteiger partial charge < -0.3 is 5.32 Å². The van der Waals surface area contributed by atoms with Gasteiger partial charge in [0, 0.05) is 11.6 Å². The zero-order valence-corrected chi connectivity index (χ0v) is 12.8. The third kappa shape index (κ3) is 2.75. The molecule has 1 saturated carbocycles. The van der Waals surface area contributed by atoms with Crippen LogP contribution >= 0.6 is 0 Å². The molecule has 4 heteroatoms. The van der Waals surface area contributed by atoms with Crippen molar-refractivity contribution < 1.29 is 4.79 Å². The second-order valence-electron chi connectivity index (χ2n) is 6.09. The maximum absolute atomic E-state index is 12.4.